The number of hydrogen-bond donors (Lipinski definition) is 3. The lowest BCUT2D eigenvalue weighted by atomic mass is 10.0. The molecule has 0 saturated carbocycles. The first-order valence-electron chi connectivity index (χ1n) is 6.76. The Hall–Kier alpha value is -2.89. The van der Waals surface area contributed by atoms with Crippen LogP contribution >= 0.6 is 0 Å². The number of rotatable bonds is 5. The number of hydrogen-bond acceptors (Lipinski definition) is 4. The summed E-state index contributed by atoms with van der Waals surface area (Å²) in [5.74, 6) is -1.21. The van der Waals surface area contributed by atoms with Gasteiger partial charge in [-0.1, -0.05) is 6.07 Å². The van der Waals surface area contributed by atoms with Gasteiger partial charge in [-0.25, -0.2) is 4.79 Å². The number of anilines is 1. The maximum atomic E-state index is 11.5. The van der Waals surface area contributed by atoms with Crippen molar-refractivity contribution >= 4 is 17.6 Å². The largest absolute Gasteiger partial charge is 0.478 e. The fourth-order valence-electron chi connectivity index (χ4n) is 1.98. The molecular formula is C16H17N3O3. The third-order valence-electron chi connectivity index (χ3n) is 3.30. The van der Waals surface area contributed by atoms with Crippen LogP contribution in [-0.2, 0) is 6.54 Å². The van der Waals surface area contributed by atoms with Crippen LogP contribution in [-0.4, -0.2) is 29.0 Å². The minimum atomic E-state index is -0.952. The fraction of sp³-hybridized carbons (Fsp3) is 0.188. The van der Waals surface area contributed by atoms with Gasteiger partial charge in [0.2, 0.25) is 0 Å². The van der Waals surface area contributed by atoms with Crippen LogP contribution in [0.1, 0.15) is 32.0 Å². The number of carboxylic acid groups (broad SMARTS) is 1. The average molecular weight is 299 g/mol. The van der Waals surface area contributed by atoms with Gasteiger partial charge in [0.05, 0.1) is 5.56 Å². The van der Waals surface area contributed by atoms with Crippen molar-refractivity contribution in [1.82, 2.24) is 10.3 Å². The van der Waals surface area contributed by atoms with E-state index in [2.05, 4.69) is 15.6 Å². The molecule has 0 saturated heterocycles. The lowest BCUT2D eigenvalue weighted by Gasteiger charge is -2.10. The second-order valence-electron chi connectivity index (χ2n) is 4.81. The Morgan fingerprint density at radius 3 is 2.68 bits per heavy atom. The standard InChI is InChI=1S/C16H17N3O3/c1-10-3-4-11(16(21)22)7-12(10)9-19-13-5-6-18-14(8-13)15(20)17-2/h3-8H,9H2,1-2H3,(H,17,20)(H,18,19)(H,21,22). The molecular weight excluding hydrogens is 282 g/mol. The van der Waals surface area contributed by atoms with Gasteiger partial charge < -0.3 is 15.7 Å². The number of carbonyl (C=O) groups excluding carboxylic acids is 1. The highest BCUT2D eigenvalue weighted by Gasteiger charge is 2.08. The van der Waals surface area contributed by atoms with Crippen LogP contribution < -0.4 is 10.6 Å². The van der Waals surface area contributed by atoms with Crippen molar-refractivity contribution in [1.29, 1.82) is 0 Å². The molecule has 6 heteroatoms. The van der Waals surface area contributed by atoms with E-state index < -0.39 is 5.97 Å². The first-order chi connectivity index (χ1) is 10.5. The van der Waals surface area contributed by atoms with Crippen LogP contribution in [0.25, 0.3) is 0 Å². The fourth-order valence-corrected chi connectivity index (χ4v) is 1.98. The van der Waals surface area contributed by atoms with Gasteiger partial charge in [0.1, 0.15) is 5.69 Å². The van der Waals surface area contributed by atoms with E-state index >= 15 is 0 Å². The maximum Gasteiger partial charge on any atom is 0.335 e. The molecule has 1 aromatic heterocycles. The van der Waals surface area contributed by atoms with Crippen molar-refractivity contribution in [2.45, 2.75) is 13.5 Å². The summed E-state index contributed by atoms with van der Waals surface area (Å²) in [4.78, 5) is 26.6. The topological polar surface area (TPSA) is 91.3 Å². The average Bonchev–Trinajstić information content (AvgIpc) is 2.53. The van der Waals surface area contributed by atoms with Crippen LogP contribution in [0.15, 0.2) is 36.5 Å². The van der Waals surface area contributed by atoms with E-state index in [1.807, 2.05) is 6.92 Å². The van der Waals surface area contributed by atoms with Gasteiger partial charge in [-0.2, -0.15) is 0 Å². The first kappa shape index (κ1) is 15.5. The van der Waals surface area contributed by atoms with Crippen molar-refractivity contribution in [2.24, 2.45) is 0 Å². The summed E-state index contributed by atoms with van der Waals surface area (Å²) in [6.45, 7) is 2.38. The van der Waals surface area contributed by atoms with Gasteiger partial charge in [0, 0.05) is 25.5 Å². The van der Waals surface area contributed by atoms with Crippen LogP contribution in [0.2, 0.25) is 0 Å². The molecule has 0 atom stereocenters. The minimum Gasteiger partial charge on any atom is -0.478 e. The second-order valence-corrected chi connectivity index (χ2v) is 4.81. The Morgan fingerprint density at radius 1 is 1.23 bits per heavy atom. The zero-order chi connectivity index (χ0) is 16.1. The Balaban J connectivity index is 2.15. The smallest absolute Gasteiger partial charge is 0.335 e. The zero-order valence-electron chi connectivity index (χ0n) is 12.4. The summed E-state index contributed by atoms with van der Waals surface area (Å²) in [6.07, 6.45) is 1.55. The van der Waals surface area contributed by atoms with Crippen LogP contribution in [0.5, 0.6) is 0 Å². The molecule has 22 heavy (non-hydrogen) atoms. The highest BCUT2D eigenvalue weighted by atomic mass is 16.4. The summed E-state index contributed by atoms with van der Waals surface area (Å²) in [5, 5.41) is 14.7. The molecule has 0 unspecified atom stereocenters. The number of aromatic carboxylic acids is 1. The number of pyridine rings is 1. The molecule has 0 radical (unpaired) electrons. The molecule has 0 spiro atoms. The number of benzene rings is 1. The van der Waals surface area contributed by atoms with Crippen molar-refractivity contribution in [2.75, 3.05) is 12.4 Å². The maximum absolute atomic E-state index is 11.5. The van der Waals surface area contributed by atoms with E-state index in [1.54, 1.807) is 43.6 Å². The Kier molecular flexibility index (Phi) is 4.73. The van der Waals surface area contributed by atoms with Crippen LogP contribution in [0.4, 0.5) is 5.69 Å². The predicted molar refractivity (Wildman–Crippen MR) is 83.1 cm³/mol. The summed E-state index contributed by atoms with van der Waals surface area (Å²) in [6, 6.07) is 8.41. The van der Waals surface area contributed by atoms with Crippen LogP contribution in [0, 0.1) is 6.92 Å². The van der Waals surface area contributed by atoms with Crippen molar-refractivity contribution in [3.8, 4) is 0 Å². The lowest BCUT2D eigenvalue weighted by molar-refractivity contribution is 0.0696. The predicted octanol–water partition coefficient (Wildman–Crippen LogP) is 2.06. The zero-order valence-corrected chi connectivity index (χ0v) is 12.4. The van der Waals surface area contributed by atoms with Gasteiger partial charge in [-0.3, -0.25) is 9.78 Å². The van der Waals surface area contributed by atoms with Crippen molar-refractivity contribution < 1.29 is 14.7 Å². The molecule has 2 rings (SSSR count). The molecule has 1 heterocycles. The molecule has 2 aromatic rings. The van der Waals surface area contributed by atoms with E-state index in [-0.39, 0.29) is 11.5 Å². The molecule has 0 aliphatic carbocycles. The second kappa shape index (κ2) is 6.71. The number of aryl methyl sites for hydroxylation is 1. The molecule has 0 bridgehead atoms. The van der Waals surface area contributed by atoms with E-state index in [4.69, 9.17) is 5.11 Å². The monoisotopic (exact) mass is 299 g/mol. The number of aromatic nitrogens is 1. The number of nitrogens with one attached hydrogen (secondary N) is 2. The van der Waals surface area contributed by atoms with Gasteiger partial charge >= 0.3 is 5.97 Å². The van der Waals surface area contributed by atoms with Crippen molar-refractivity contribution in [3.63, 3.8) is 0 Å². The lowest BCUT2D eigenvalue weighted by Crippen LogP contribution is -2.19. The quantitative estimate of drug-likeness (QED) is 0.786. The SMILES string of the molecule is CNC(=O)c1cc(NCc2cc(C(=O)O)ccc2C)ccn1. The summed E-state index contributed by atoms with van der Waals surface area (Å²) in [5.41, 5.74) is 3.21. The van der Waals surface area contributed by atoms with E-state index in [0.29, 0.717) is 12.2 Å². The van der Waals surface area contributed by atoms with Gasteiger partial charge in [-0.05, 0) is 42.3 Å². The summed E-state index contributed by atoms with van der Waals surface area (Å²) in [7, 11) is 1.55. The van der Waals surface area contributed by atoms with E-state index in [1.165, 1.54) is 0 Å². The minimum absolute atomic E-state index is 0.253. The number of amides is 1. The molecule has 114 valence electrons. The highest BCUT2D eigenvalue weighted by molar-refractivity contribution is 5.92. The third-order valence-corrected chi connectivity index (χ3v) is 3.30. The van der Waals surface area contributed by atoms with Crippen molar-refractivity contribution in [3.05, 3.63) is 58.9 Å². The van der Waals surface area contributed by atoms with E-state index in [0.717, 1.165) is 16.8 Å². The summed E-state index contributed by atoms with van der Waals surface area (Å²) >= 11 is 0. The molecule has 0 aliphatic heterocycles. The normalized spacial score (nSPS) is 10.1. The van der Waals surface area contributed by atoms with Crippen LogP contribution in [0.3, 0.4) is 0 Å². The number of carboxylic acids is 1. The highest BCUT2D eigenvalue weighted by Crippen LogP contribution is 2.15. The number of carbonyl (C=O) groups is 2. The van der Waals surface area contributed by atoms with Gasteiger partial charge in [0.15, 0.2) is 0 Å². The van der Waals surface area contributed by atoms with Gasteiger partial charge in [-0.15, -0.1) is 0 Å². The molecule has 1 aromatic carbocycles. The van der Waals surface area contributed by atoms with E-state index in [9.17, 15) is 9.59 Å². The third kappa shape index (κ3) is 3.60. The molecule has 0 aliphatic rings. The number of nitrogens with zero attached hydrogens (tertiary/aromatic N) is 1. The Labute approximate surface area is 128 Å². The van der Waals surface area contributed by atoms with Gasteiger partial charge in [0.25, 0.3) is 5.91 Å². The molecule has 6 nitrogen and oxygen atoms in total. The Morgan fingerprint density at radius 2 is 2.00 bits per heavy atom. The summed E-state index contributed by atoms with van der Waals surface area (Å²) < 4.78 is 0. The molecule has 1 amide bonds. The Bertz CT molecular complexity index is 714. The first-order valence-corrected chi connectivity index (χ1v) is 6.76. The molecule has 0 fully saturated rings. The molecule has 3 N–H and O–H groups in total.